The number of rotatable bonds is 11. The number of nitrogens with one attached hydrogen (secondary N) is 2. The highest BCUT2D eigenvalue weighted by molar-refractivity contribution is 7.16. The number of aromatic nitrogens is 1. The van der Waals surface area contributed by atoms with Crippen LogP contribution in [0.4, 0.5) is 15.6 Å². The van der Waals surface area contributed by atoms with Gasteiger partial charge in [0, 0.05) is 49.4 Å². The molecule has 1 aliphatic heterocycles. The van der Waals surface area contributed by atoms with Crippen LogP contribution < -0.4 is 20.3 Å². The van der Waals surface area contributed by atoms with Gasteiger partial charge in [-0.1, -0.05) is 18.2 Å². The molecule has 41 heavy (non-hydrogen) atoms. The summed E-state index contributed by atoms with van der Waals surface area (Å²) in [7, 11) is 4.08. The van der Waals surface area contributed by atoms with Crippen LogP contribution in [-0.4, -0.2) is 74.4 Å². The molecule has 2 N–H and O–H groups in total. The number of fused-ring (bicyclic) bond motifs is 1. The molecule has 0 fully saturated rings. The Morgan fingerprint density at radius 1 is 1.15 bits per heavy atom. The Morgan fingerprint density at radius 3 is 2.73 bits per heavy atom. The number of nitrogens with zero attached hydrogens (tertiary/aromatic N) is 3. The van der Waals surface area contributed by atoms with Gasteiger partial charge in [-0.15, -0.1) is 11.3 Å². The smallest absolute Gasteiger partial charge is 0.407 e. The van der Waals surface area contributed by atoms with Crippen LogP contribution >= 0.6 is 11.3 Å². The minimum atomic E-state index is -0.511. The van der Waals surface area contributed by atoms with Crippen molar-refractivity contribution in [2.75, 3.05) is 57.1 Å². The summed E-state index contributed by atoms with van der Waals surface area (Å²) in [5.74, 6) is 0.598. The lowest BCUT2D eigenvalue weighted by Gasteiger charge is -2.21. The van der Waals surface area contributed by atoms with Crippen LogP contribution in [-0.2, 0) is 22.4 Å². The molecule has 0 radical (unpaired) electrons. The standard InChI is InChI=1S/C31H41N5O4S/c1-21-28(24-10-11-26-23(20-24)12-14-36(26)6)34-29(41-21)33-27(37)19-22-8-7-9-25(18-22)39-17-16-35(5)15-13-32-30(38)40-31(2,3)4/h7-11,18,20H,12-17,19H2,1-6H3,(H,32,38)(H,33,34,37). The monoisotopic (exact) mass is 579 g/mol. The van der Waals surface area contributed by atoms with Gasteiger partial charge >= 0.3 is 6.09 Å². The number of carbonyl (C=O) groups excluding carboxylic acids is 2. The van der Waals surface area contributed by atoms with Crippen LogP contribution in [0.2, 0.25) is 0 Å². The molecule has 0 bridgehead atoms. The molecule has 0 spiro atoms. The van der Waals surface area contributed by atoms with Crippen molar-refractivity contribution in [3.8, 4) is 17.0 Å². The van der Waals surface area contributed by atoms with Crippen molar-refractivity contribution in [3.63, 3.8) is 0 Å². The predicted octanol–water partition coefficient (Wildman–Crippen LogP) is 5.13. The average molecular weight is 580 g/mol. The van der Waals surface area contributed by atoms with E-state index < -0.39 is 11.7 Å². The Bertz CT molecular complexity index is 1370. The van der Waals surface area contributed by atoms with Crippen LogP contribution in [0, 0.1) is 6.92 Å². The molecule has 4 rings (SSSR count). The van der Waals surface area contributed by atoms with Crippen LogP contribution in [0.3, 0.4) is 0 Å². The lowest BCUT2D eigenvalue weighted by molar-refractivity contribution is -0.115. The fraction of sp³-hybridized carbons (Fsp3) is 0.452. The largest absolute Gasteiger partial charge is 0.492 e. The highest BCUT2D eigenvalue weighted by Gasteiger charge is 2.19. The molecule has 220 valence electrons. The third-order valence-electron chi connectivity index (χ3n) is 6.69. The van der Waals surface area contributed by atoms with Gasteiger partial charge < -0.3 is 29.9 Å². The summed E-state index contributed by atoms with van der Waals surface area (Å²) in [5.41, 5.74) is 4.98. The SMILES string of the molecule is Cc1sc(NC(=O)Cc2cccc(OCCN(C)CCNC(=O)OC(C)(C)C)c2)nc1-c1ccc2c(c1)CCN2C. The first-order valence-electron chi connectivity index (χ1n) is 14.0. The molecular formula is C31H41N5O4S. The zero-order valence-corrected chi connectivity index (χ0v) is 25.7. The third kappa shape index (κ3) is 8.93. The molecule has 3 aromatic rings. The highest BCUT2D eigenvalue weighted by atomic mass is 32.1. The lowest BCUT2D eigenvalue weighted by atomic mass is 10.1. The Morgan fingerprint density at radius 2 is 1.95 bits per heavy atom. The van der Waals surface area contributed by atoms with E-state index in [1.807, 2.05) is 59.0 Å². The first kappa shape index (κ1) is 30.3. The molecule has 2 heterocycles. The van der Waals surface area contributed by atoms with Crippen LogP contribution in [0.1, 0.15) is 36.8 Å². The van der Waals surface area contributed by atoms with Crippen LogP contribution in [0.15, 0.2) is 42.5 Å². The van der Waals surface area contributed by atoms with Crippen molar-refractivity contribution in [1.29, 1.82) is 0 Å². The van der Waals surface area contributed by atoms with Crippen molar-refractivity contribution in [2.24, 2.45) is 0 Å². The zero-order valence-electron chi connectivity index (χ0n) is 24.9. The number of hydrogen-bond donors (Lipinski definition) is 2. The number of likely N-dealkylation sites (N-methyl/N-ethyl adjacent to an activating group) is 2. The molecule has 10 heteroatoms. The van der Waals surface area contributed by atoms with E-state index in [1.54, 1.807) is 0 Å². The fourth-order valence-corrected chi connectivity index (χ4v) is 5.47. The second-order valence-electron chi connectivity index (χ2n) is 11.4. The number of hydrogen-bond acceptors (Lipinski definition) is 8. The second-order valence-corrected chi connectivity index (χ2v) is 12.6. The Hall–Kier alpha value is -3.63. The number of ether oxygens (including phenoxy) is 2. The first-order chi connectivity index (χ1) is 19.5. The van der Waals surface area contributed by atoms with Gasteiger partial charge in [0.1, 0.15) is 18.0 Å². The molecule has 0 aliphatic carbocycles. The molecule has 0 saturated heterocycles. The third-order valence-corrected chi connectivity index (χ3v) is 7.58. The molecule has 2 amide bonds. The minimum absolute atomic E-state index is 0.116. The van der Waals surface area contributed by atoms with Gasteiger partial charge in [0.2, 0.25) is 5.91 Å². The number of aryl methyl sites for hydroxylation is 1. The number of benzene rings is 2. The van der Waals surface area contributed by atoms with E-state index in [4.69, 9.17) is 14.5 Å². The quantitative estimate of drug-likeness (QED) is 0.325. The van der Waals surface area contributed by atoms with Crippen LogP contribution in [0.5, 0.6) is 5.75 Å². The van der Waals surface area contributed by atoms with Gasteiger partial charge in [0.15, 0.2) is 5.13 Å². The van der Waals surface area contributed by atoms with E-state index in [9.17, 15) is 9.59 Å². The van der Waals surface area contributed by atoms with E-state index in [2.05, 4.69) is 45.7 Å². The summed E-state index contributed by atoms with van der Waals surface area (Å²) in [6.45, 7) is 10.9. The number of amides is 2. The van der Waals surface area contributed by atoms with Gasteiger partial charge in [-0.2, -0.15) is 0 Å². The molecule has 1 aliphatic rings. The van der Waals surface area contributed by atoms with Crippen LogP contribution in [0.25, 0.3) is 11.3 Å². The van der Waals surface area contributed by atoms with Gasteiger partial charge in [-0.05, 0) is 76.6 Å². The molecule has 0 atom stereocenters. The topological polar surface area (TPSA) is 96.0 Å². The number of carbonyl (C=O) groups is 2. The number of alkyl carbamates (subject to hydrolysis) is 1. The maximum atomic E-state index is 12.8. The Kier molecular flexibility index (Phi) is 9.88. The van der Waals surface area contributed by atoms with Gasteiger partial charge in [-0.3, -0.25) is 4.79 Å². The maximum absolute atomic E-state index is 12.8. The van der Waals surface area contributed by atoms with Crippen molar-refractivity contribution >= 4 is 34.2 Å². The van der Waals surface area contributed by atoms with Gasteiger partial charge in [0.25, 0.3) is 0 Å². The van der Waals surface area contributed by atoms with Gasteiger partial charge in [0.05, 0.1) is 12.1 Å². The maximum Gasteiger partial charge on any atom is 0.407 e. The molecular weight excluding hydrogens is 538 g/mol. The summed E-state index contributed by atoms with van der Waals surface area (Å²) in [6, 6.07) is 14.1. The van der Waals surface area contributed by atoms with E-state index >= 15 is 0 Å². The summed E-state index contributed by atoms with van der Waals surface area (Å²) in [4.78, 5) is 34.7. The summed E-state index contributed by atoms with van der Waals surface area (Å²) < 4.78 is 11.2. The van der Waals surface area contributed by atoms with E-state index in [0.717, 1.165) is 34.7 Å². The van der Waals surface area contributed by atoms with E-state index in [1.165, 1.54) is 22.6 Å². The van der Waals surface area contributed by atoms with Gasteiger partial charge in [-0.25, -0.2) is 9.78 Å². The molecule has 9 nitrogen and oxygen atoms in total. The predicted molar refractivity (Wildman–Crippen MR) is 165 cm³/mol. The lowest BCUT2D eigenvalue weighted by Crippen LogP contribution is -2.37. The normalized spacial score (nSPS) is 12.8. The van der Waals surface area contributed by atoms with Crippen molar-refractivity contribution in [2.45, 2.75) is 46.1 Å². The second kappa shape index (κ2) is 13.4. The fourth-order valence-electron chi connectivity index (χ4n) is 4.62. The zero-order chi connectivity index (χ0) is 29.6. The van der Waals surface area contributed by atoms with Crippen molar-refractivity contribution in [1.82, 2.24) is 15.2 Å². The molecule has 1 aromatic heterocycles. The molecule has 0 unspecified atom stereocenters. The molecule has 2 aromatic carbocycles. The Balaban J connectivity index is 1.22. The van der Waals surface area contributed by atoms with E-state index in [-0.39, 0.29) is 12.3 Å². The minimum Gasteiger partial charge on any atom is -0.492 e. The number of thiazole rings is 1. The number of anilines is 2. The van der Waals surface area contributed by atoms with Crippen molar-refractivity contribution in [3.05, 3.63) is 58.5 Å². The summed E-state index contributed by atoms with van der Waals surface area (Å²) in [5, 5.41) is 6.34. The summed E-state index contributed by atoms with van der Waals surface area (Å²) in [6.07, 6.45) is 0.854. The highest BCUT2D eigenvalue weighted by Crippen LogP contribution is 2.35. The average Bonchev–Trinajstić information content (AvgIpc) is 3.44. The first-order valence-corrected chi connectivity index (χ1v) is 14.8. The summed E-state index contributed by atoms with van der Waals surface area (Å²) >= 11 is 1.50. The molecule has 0 saturated carbocycles. The Labute approximate surface area is 246 Å². The van der Waals surface area contributed by atoms with E-state index in [0.29, 0.717) is 37.1 Å². The van der Waals surface area contributed by atoms with Crippen molar-refractivity contribution < 1.29 is 19.1 Å².